The molecule has 5 rings (SSSR count). The number of nitrogens with zero attached hydrogens (tertiary/aromatic N) is 1. The molecule has 4 bridgehead atoms. The van der Waals surface area contributed by atoms with E-state index < -0.39 is 10.0 Å². The van der Waals surface area contributed by atoms with E-state index >= 15 is 0 Å². The third kappa shape index (κ3) is 3.81. The highest BCUT2D eigenvalue weighted by Crippen LogP contribution is 2.55. The van der Waals surface area contributed by atoms with Crippen LogP contribution in [-0.2, 0) is 14.8 Å². The predicted octanol–water partition coefficient (Wildman–Crippen LogP) is 3.84. The molecule has 4 fully saturated rings. The Morgan fingerprint density at radius 3 is 2.22 bits per heavy atom. The number of benzene rings is 1. The highest BCUT2D eigenvalue weighted by Gasteiger charge is 2.51. The van der Waals surface area contributed by atoms with Gasteiger partial charge in [0.1, 0.15) is 6.54 Å². The Kier molecular flexibility index (Phi) is 4.88. The van der Waals surface area contributed by atoms with Gasteiger partial charge in [-0.3, -0.25) is 9.10 Å². The van der Waals surface area contributed by atoms with Crippen molar-refractivity contribution in [3.05, 3.63) is 28.2 Å². The second-order valence-electron chi connectivity index (χ2n) is 8.59. The van der Waals surface area contributed by atoms with Crippen molar-refractivity contribution in [2.24, 2.45) is 17.8 Å². The fourth-order valence-electron chi connectivity index (χ4n) is 5.80. The van der Waals surface area contributed by atoms with Gasteiger partial charge in [0.2, 0.25) is 15.9 Å². The molecule has 5 nitrogen and oxygen atoms in total. The molecule has 0 aromatic heterocycles. The van der Waals surface area contributed by atoms with Crippen LogP contribution in [0.2, 0.25) is 10.0 Å². The topological polar surface area (TPSA) is 66.5 Å². The van der Waals surface area contributed by atoms with E-state index in [9.17, 15) is 13.2 Å². The Labute approximate surface area is 170 Å². The summed E-state index contributed by atoms with van der Waals surface area (Å²) in [6.07, 6.45) is 7.96. The lowest BCUT2D eigenvalue weighted by molar-refractivity contribution is -0.125. The van der Waals surface area contributed by atoms with Crippen molar-refractivity contribution >= 4 is 44.8 Å². The lowest BCUT2D eigenvalue weighted by Gasteiger charge is -2.57. The van der Waals surface area contributed by atoms with Crippen molar-refractivity contribution in [2.75, 3.05) is 17.1 Å². The predicted molar refractivity (Wildman–Crippen MR) is 108 cm³/mol. The van der Waals surface area contributed by atoms with Crippen molar-refractivity contribution in [2.45, 2.75) is 44.1 Å². The molecule has 1 amide bonds. The number of hydrogen-bond donors (Lipinski definition) is 1. The van der Waals surface area contributed by atoms with E-state index in [1.54, 1.807) is 18.2 Å². The zero-order chi connectivity index (χ0) is 19.4. The summed E-state index contributed by atoms with van der Waals surface area (Å²) in [5.41, 5.74) is 0.0694. The molecule has 0 atom stereocenters. The van der Waals surface area contributed by atoms with E-state index in [2.05, 4.69) is 5.32 Å². The van der Waals surface area contributed by atoms with Gasteiger partial charge in [0.05, 0.1) is 22.0 Å². The number of carbonyl (C=O) groups is 1. The van der Waals surface area contributed by atoms with Gasteiger partial charge in [-0.2, -0.15) is 0 Å². The number of nitrogens with one attached hydrogen (secondary N) is 1. The fourth-order valence-corrected chi connectivity index (χ4v) is 7.10. The first kappa shape index (κ1) is 19.3. The highest BCUT2D eigenvalue weighted by molar-refractivity contribution is 7.92. The molecular weight excluding hydrogens is 407 g/mol. The summed E-state index contributed by atoms with van der Waals surface area (Å²) in [4.78, 5) is 12.9. The van der Waals surface area contributed by atoms with E-state index in [1.165, 1.54) is 19.3 Å². The molecule has 4 saturated carbocycles. The number of rotatable bonds is 5. The van der Waals surface area contributed by atoms with Crippen LogP contribution in [0.1, 0.15) is 38.5 Å². The summed E-state index contributed by atoms with van der Waals surface area (Å²) < 4.78 is 25.7. The van der Waals surface area contributed by atoms with Gasteiger partial charge in [-0.05, 0) is 68.4 Å². The van der Waals surface area contributed by atoms with Gasteiger partial charge in [0.15, 0.2) is 0 Å². The number of amides is 1. The van der Waals surface area contributed by atoms with Crippen LogP contribution in [-0.4, -0.2) is 32.7 Å². The van der Waals surface area contributed by atoms with Gasteiger partial charge in [0, 0.05) is 5.54 Å². The van der Waals surface area contributed by atoms with Crippen molar-refractivity contribution in [3.8, 4) is 0 Å². The summed E-state index contributed by atoms with van der Waals surface area (Å²) in [5, 5.41) is 3.60. The number of anilines is 1. The minimum absolute atomic E-state index is 0.132. The summed E-state index contributed by atoms with van der Waals surface area (Å²) in [7, 11) is -3.69. The first-order valence-electron chi connectivity index (χ1n) is 9.38. The zero-order valence-electron chi connectivity index (χ0n) is 15.2. The summed E-state index contributed by atoms with van der Waals surface area (Å²) in [5.74, 6) is 1.82. The van der Waals surface area contributed by atoms with Gasteiger partial charge in [-0.25, -0.2) is 8.42 Å². The largest absolute Gasteiger partial charge is 0.349 e. The molecule has 0 spiro atoms. The smallest absolute Gasteiger partial charge is 0.241 e. The highest BCUT2D eigenvalue weighted by atomic mass is 35.5. The number of hydrogen-bond acceptors (Lipinski definition) is 3. The van der Waals surface area contributed by atoms with Crippen LogP contribution in [0.4, 0.5) is 5.69 Å². The normalized spacial score (nSPS) is 31.7. The maximum atomic E-state index is 12.9. The van der Waals surface area contributed by atoms with Gasteiger partial charge in [-0.15, -0.1) is 0 Å². The first-order chi connectivity index (χ1) is 12.7. The molecule has 0 unspecified atom stereocenters. The van der Waals surface area contributed by atoms with Crippen LogP contribution >= 0.6 is 23.2 Å². The Morgan fingerprint density at radius 1 is 1.15 bits per heavy atom. The van der Waals surface area contributed by atoms with Crippen LogP contribution in [0, 0.1) is 17.8 Å². The van der Waals surface area contributed by atoms with E-state index in [4.69, 9.17) is 23.2 Å². The molecule has 0 radical (unpaired) electrons. The third-order valence-electron chi connectivity index (χ3n) is 6.33. The molecular formula is C19H24Cl2N2O3S. The zero-order valence-corrected chi connectivity index (χ0v) is 17.6. The fraction of sp³-hybridized carbons (Fsp3) is 0.632. The molecule has 1 aromatic carbocycles. The summed E-state index contributed by atoms with van der Waals surface area (Å²) >= 11 is 12.2. The maximum Gasteiger partial charge on any atom is 0.241 e. The van der Waals surface area contributed by atoms with Gasteiger partial charge >= 0.3 is 0 Å². The van der Waals surface area contributed by atoms with E-state index in [1.807, 2.05) is 0 Å². The molecule has 8 heteroatoms. The average molecular weight is 431 g/mol. The van der Waals surface area contributed by atoms with Gasteiger partial charge in [-0.1, -0.05) is 29.3 Å². The standard InChI is InChI=1S/C19H24Cl2N2O3S/c1-27(25,26)23(16-4-2-3-15(20)18(16)21)11-17(24)22-19-8-12-5-13(9-19)7-14(6-12)10-19/h2-4,12-14H,5-11H2,1H3,(H,22,24). The Bertz CT molecular complexity index is 836. The van der Waals surface area contributed by atoms with E-state index in [-0.39, 0.29) is 33.7 Å². The summed E-state index contributed by atoms with van der Waals surface area (Å²) in [6, 6.07) is 4.77. The molecule has 0 heterocycles. The quantitative estimate of drug-likeness (QED) is 0.771. The molecule has 4 aliphatic carbocycles. The van der Waals surface area contributed by atoms with Crippen LogP contribution < -0.4 is 9.62 Å². The van der Waals surface area contributed by atoms with Crippen LogP contribution in [0.25, 0.3) is 0 Å². The van der Waals surface area contributed by atoms with Crippen molar-refractivity contribution in [3.63, 3.8) is 0 Å². The minimum Gasteiger partial charge on any atom is -0.349 e. The SMILES string of the molecule is CS(=O)(=O)N(CC(=O)NC12CC3CC(CC(C3)C1)C2)c1cccc(Cl)c1Cl. The number of halogens is 2. The minimum atomic E-state index is -3.69. The molecule has 27 heavy (non-hydrogen) atoms. The molecule has 148 valence electrons. The van der Waals surface area contributed by atoms with E-state index in [0.717, 1.165) is 29.8 Å². The van der Waals surface area contributed by atoms with Crippen molar-refractivity contribution < 1.29 is 13.2 Å². The maximum absolute atomic E-state index is 12.9. The Hall–Kier alpha value is -0.980. The van der Waals surface area contributed by atoms with Crippen molar-refractivity contribution in [1.82, 2.24) is 5.32 Å². The van der Waals surface area contributed by atoms with Gasteiger partial charge in [0.25, 0.3) is 0 Å². The second kappa shape index (κ2) is 6.82. The van der Waals surface area contributed by atoms with E-state index in [0.29, 0.717) is 17.8 Å². The van der Waals surface area contributed by atoms with Crippen LogP contribution in [0.5, 0.6) is 0 Å². The Balaban J connectivity index is 1.54. The van der Waals surface area contributed by atoms with Crippen molar-refractivity contribution in [1.29, 1.82) is 0 Å². The molecule has 1 N–H and O–H groups in total. The Morgan fingerprint density at radius 2 is 1.70 bits per heavy atom. The molecule has 1 aromatic rings. The van der Waals surface area contributed by atoms with Gasteiger partial charge < -0.3 is 5.32 Å². The lowest BCUT2D eigenvalue weighted by atomic mass is 9.53. The average Bonchev–Trinajstić information content (AvgIpc) is 2.53. The number of carbonyl (C=O) groups excluding carboxylic acids is 1. The van der Waals surface area contributed by atoms with Crippen LogP contribution in [0.15, 0.2) is 18.2 Å². The molecule has 0 aliphatic heterocycles. The number of sulfonamides is 1. The monoisotopic (exact) mass is 430 g/mol. The molecule has 4 aliphatic rings. The van der Waals surface area contributed by atoms with Crippen LogP contribution in [0.3, 0.4) is 0 Å². The third-order valence-corrected chi connectivity index (χ3v) is 8.27. The first-order valence-corrected chi connectivity index (χ1v) is 12.0. The second-order valence-corrected chi connectivity index (χ2v) is 11.3. The molecule has 0 saturated heterocycles. The summed E-state index contributed by atoms with van der Waals surface area (Å²) in [6.45, 7) is -0.291. The lowest BCUT2D eigenvalue weighted by Crippen LogP contribution is -2.61.